The molecule has 2 aromatic rings. The van der Waals surface area contributed by atoms with E-state index in [0.29, 0.717) is 23.4 Å². The monoisotopic (exact) mass is 395 g/mol. The van der Waals surface area contributed by atoms with E-state index in [2.05, 4.69) is 46.0 Å². The highest BCUT2D eigenvalue weighted by atomic mass is 16.2. The summed E-state index contributed by atoms with van der Waals surface area (Å²) in [6.45, 7) is 9.95. The molecule has 0 saturated carbocycles. The molecule has 2 aromatic heterocycles. The maximum absolute atomic E-state index is 12.8. The van der Waals surface area contributed by atoms with Crippen LogP contribution in [0.3, 0.4) is 0 Å². The van der Waals surface area contributed by atoms with Gasteiger partial charge in [0, 0.05) is 43.9 Å². The summed E-state index contributed by atoms with van der Waals surface area (Å²) in [6.07, 6.45) is 2.97. The predicted octanol–water partition coefficient (Wildman–Crippen LogP) is 2.88. The molecule has 1 aliphatic heterocycles. The molecule has 7 nitrogen and oxygen atoms in total. The van der Waals surface area contributed by atoms with Crippen LogP contribution in [0.2, 0.25) is 0 Å². The van der Waals surface area contributed by atoms with E-state index < -0.39 is 0 Å². The molecule has 0 aromatic carbocycles. The number of Topliss-reactive ketones (excluding diaryl/α,β-unsaturated/α-hetero) is 1. The van der Waals surface area contributed by atoms with E-state index in [0.717, 1.165) is 49.7 Å². The Bertz CT molecular complexity index is 937. The van der Waals surface area contributed by atoms with E-state index in [9.17, 15) is 9.59 Å². The van der Waals surface area contributed by atoms with Gasteiger partial charge in [0.25, 0.3) is 5.91 Å². The number of anilines is 2. The topological polar surface area (TPSA) is 81.3 Å². The van der Waals surface area contributed by atoms with Crippen molar-refractivity contribution >= 4 is 23.2 Å². The average Bonchev–Trinajstić information content (AvgIpc) is 2.98. The third-order valence-electron chi connectivity index (χ3n) is 5.96. The largest absolute Gasteiger partial charge is 0.354 e. The highest BCUT2D eigenvalue weighted by Gasteiger charge is 2.35. The number of nitrogens with one attached hydrogen (secondary N) is 2. The smallest absolute Gasteiger partial charge is 0.272 e. The Hall–Kier alpha value is -2.67. The van der Waals surface area contributed by atoms with Gasteiger partial charge in [0.2, 0.25) is 0 Å². The van der Waals surface area contributed by atoms with E-state index in [1.807, 2.05) is 19.1 Å². The third kappa shape index (κ3) is 3.92. The molecule has 3 heterocycles. The molecular weight excluding hydrogens is 366 g/mol. The standard InChI is InChI=1S/C22H29N5O2/c1-14-19-16(11-22(2,3)12-17(19)28)25-20(14)21(29)24-15-5-6-18(23-13-15)27-9-7-26(4)8-10-27/h5-6,13,25H,7-12H2,1-4H3,(H,24,29). The second-order valence-electron chi connectivity index (χ2n) is 9.07. The van der Waals surface area contributed by atoms with Crippen LogP contribution in [0.25, 0.3) is 0 Å². The molecule has 0 spiro atoms. The van der Waals surface area contributed by atoms with Crippen molar-refractivity contribution in [3.63, 3.8) is 0 Å². The zero-order valence-corrected chi connectivity index (χ0v) is 17.6. The number of amides is 1. The Balaban J connectivity index is 1.48. The minimum absolute atomic E-state index is 0.0852. The van der Waals surface area contributed by atoms with Crippen molar-refractivity contribution in [3.8, 4) is 0 Å². The number of carbonyl (C=O) groups excluding carboxylic acids is 2. The quantitative estimate of drug-likeness (QED) is 0.835. The summed E-state index contributed by atoms with van der Waals surface area (Å²) in [5, 5.41) is 2.91. The average molecular weight is 396 g/mol. The van der Waals surface area contributed by atoms with Gasteiger partial charge in [-0.2, -0.15) is 0 Å². The Morgan fingerprint density at radius 1 is 1.17 bits per heavy atom. The van der Waals surface area contributed by atoms with Crippen LogP contribution in [-0.2, 0) is 6.42 Å². The van der Waals surface area contributed by atoms with Crippen LogP contribution in [0, 0.1) is 12.3 Å². The molecule has 1 saturated heterocycles. The molecule has 154 valence electrons. The number of aromatic nitrogens is 2. The lowest BCUT2D eigenvalue weighted by atomic mass is 9.75. The van der Waals surface area contributed by atoms with Crippen molar-refractivity contribution in [1.82, 2.24) is 14.9 Å². The number of fused-ring (bicyclic) bond motifs is 1. The van der Waals surface area contributed by atoms with Gasteiger partial charge in [0.1, 0.15) is 11.5 Å². The SMILES string of the molecule is Cc1c(C(=O)Nc2ccc(N3CCN(C)CC3)nc2)[nH]c2c1C(=O)CC(C)(C)C2. The molecule has 0 atom stereocenters. The number of aromatic amines is 1. The normalized spacial score (nSPS) is 19.2. The van der Waals surface area contributed by atoms with Gasteiger partial charge in [-0.15, -0.1) is 0 Å². The number of rotatable bonds is 3. The second kappa shape index (κ2) is 7.30. The molecule has 1 amide bonds. The predicted molar refractivity (Wildman–Crippen MR) is 114 cm³/mol. The van der Waals surface area contributed by atoms with Gasteiger partial charge in [0.05, 0.1) is 11.9 Å². The Morgan fingerprint density at radius 3 is 2.55 bits per heavy atom. The number of hydrogen-bond donors (Lipinski definition) is 2. The molecule has 7 heteroatoms. The van der Waals surface area contributed by atoms with Crippen LogP contribution in [0.15, 0.2) is 18.3 Å². The highest BCUT2D eigenvalue weighted by molar-refractivity contribution is 6.08. The fraction of sp³-hybridized carbons (Fsp3) is 0.500. The first-order chi connectivity index (χ1) is 13.7. The lowest BCUT2D eigenvalue weighted by Gasteiger charge is -2.33. The molecule has 2 aliphatic rings. The zero-order chi connectivity index (χ0) is 20.8. The van der Waals surface area contributed by atoms with E-state index in [1.165, 1.54) is 0 Å². The van der Waals surface area contributed by atoms with Gasteiger partial charge in [-0.3, -0.25) is 9.59 Å². The van der Waals surface area contributed by atoms with Gasteiger partial charge >= 0.3 is 0 Å². The molecular formula is C22H29N5O2. The molecule has 0 radical (unpaired) electrons. The summed E-state index contributed by atoms with van der Waals surface area (Å²) in [6, 6.07) is 3.82. The molecule has 1 fully saturated rings. The van der Waals surface area contributed by atoms with Gasteiger partial charge in [-0.25, -0.2) is 4.98 Å². The van der Waals surface area contributed by atoms with Gasteiger partial charge in [-0.05, 0) is 43.5 Å². The molecule has 0 unspecified atom stereocenters. The first-order valence-corrected chi connectivity index (χ1v) is 10.2. The molecule has 0 bridgehead atoms. The highest BCUT2D eigenvalue weighted by Crippen LogP contribution is 2.36. The van der Waals surface area contributed by atoms with E-state index >= 15 is 0 Å². The first kappa shape index (κ1) is 19.6. The number of H-pyrrole nitrogens is 1. The lowest BCUT2D eigenvalue weighted by Crippen LogP contribution is -2.44. The van der Waals surface area contributed by atoms with Crippen LogP contribution < -0.4 is 10.2 Å². The maximum atomic E-state index is 12.8. The van der Waals surface area contributed by atoms with Crippen molar-refractivity contribution in [2.24, 2.45) is 5.41 Å². The summed E-state index contributed by atoms with van der Waals surface area (Å²) in [7, 11) is 2.12. The minimum Gasteiger partial charge on any atom is -0.354 e. The molecule has 29 heavy (non-hydrogen) atoms. The number of nitrogens with zero attached hydrogens (tertiary/aromatic N) is 3. The van der Waals surface area contributed by atoms with Crippen molar-refractivity contribution in [1.29, 1.82) is 0 Å². The van der Waals surface area contributed by atoms with E-state index in [-0.39, 0.29) is 17.1 Å². The van der Waals surface area contributed by atoms with Crippen LogP contribution in [0.5, 0.6) is 0 Å². The summed E-state index contributed by atoms with van der Waals surface area (Å²) in [4.78, 5) is 37.7. The van der Waals surface area contributed by atoms with E-state index in [4.69, 9.17) is 0 Å². The Kier molecular flexibility index (Phi) is 4.94. The Morgan fingerprint density at radius 2 is 1.90 bits per heavy atom. The molecule has 1 aliphatic carbocycles. The second-order valence-corrected chi connectivity index (χ2v) is 9.07. The van der Waals surface area contributed by atoms with Gasteiger partial charge < -0.3 is 20.1 Å². The number of likely N-dealkylation sites (N-methyl/N-ethyl adjacent to an activating group) is 1. The first-order valence-electron chi connectivity index (χ1n) is 10.2. The molecule has 2 N–H and O–H groups in total. The summed E-state index contributed by atoms with van der Waals surface area (Å²) >= 11 is 0. The van der Waals surface area contributed by atoms with Crippen molar-refractivity contribution in [2.75, 3.05) is 43.4 Å². The van der Waals surface area contributed by atoms with Gasteiger partial charge in [-0.1, -0.05) is 13.8 Å². The summed E-state index contributed by atoms with van der Waals surface area (Å²) in [5.41, 5.74) is 3.32. The number of carbonyl (C=O) groups is 2. The van der Waals surface area contributed by atoms with Crippen LogP contribution in [0.4, 0.5) is 11.5 Å². The zero-order valence-electron chi connectivity index (χ0n) is 17.6. The molecule has 4 rings (SSSR count). The van der Waals surface area contributed by atoms with Crippen LogP contribution in [0.1, 0.15) is 52.4 Å². The van der Waals surface area contributed by atoms with Crippen LogP contribution in [-0.4, -0.2) is 59.8 Å². The van der Waals surface area contributed by atoms with E-state index in [1.54, 1.807) is 6.20 Å². The number of ketones is 1. The van der Waals surface area contributed by atoms with Crippen molar-refractivity contribution < 1.29 is 9.59 Å². The van der Waals surface area contributed by atoms with Crippen molar-refractivity contribution in [3.05, 3.63) is 40.8 Å². The fourth-order valence-electron chi connectivity index (χ4n) is 4.34. The number of hydrogen-bond acceptors (Lipinski definition) is 5. The summed E-state index contributed by atoms with van der Waals surface area (Å²) < 4.78 is 0. The third-order valence-corrected chi connectivity index (χ3v) is 5.96. The minimum atomic E-state index is -0.239. The van der Waals surface area contributed by atoms with Crippen LogP contribution >= 0.6 is 0 Å². The maximum Gasteiger partial charge on any atom is 0.272 e. The number of pyridine rings is 1. The van der Waals surface area contributed by atoms with Gasteiger partial charge in [0.15, 0.2) is 5.78 Å². The number of piperazine rings is 1. The summed E-state index contributed by atoms with van der Waals surface area (Å²) in [5.74, 6) is 0.800. The Labute approximate surface area is 171 Å². The van der Waals surface area contributed by atoms with Crippen molar-refractivity contribution in [2.45, 2.75) is 33.6 Å². The fourth-order valence-corrected chi connectivity index (χ4v) is 4.34. The lowest BCUT2D eigenvalue weighted by molar-refractivity contribution is 0.0910.